The molecule has 2 rings (SSSR count). The lowest BCUT2D eigenvalue weighted by Crippen LogP contribution is -2.20. The van der Waals surface area contributed by atoms with Crippen LogP contribution in [0.5, 0.6) is 5.75 Å². The van der Waals surface area contributed by atoms with Crippen molar-refractivity contribution in [3.8, 4) is 5.75 Å². The van der Waals surface area contributed by atoms with Crippen LogP contribution >= 0.6 is 0 Å². The number of hydrogen-bond donors (Lipinski definition) is 0. The minimum absolute atomic E-state index is 0.152. The molecule has 0 N–H and O–H groups in total. The van der Waals surface area contributed by atoms with Crippen molar-refractivity contribution in [3.05, 3.63) is 29.6 Å². The molecule has 1 fully saturated rings. The van der Waals surface area contributed by atoms with Gasteiger partial charge in [-0.25, -0.2) is 8.78 Å². The first-order valence-corrected chi connectivity index (χ1v) is 5.40. The standard InChI is InChI=1S/C12H12F3O/c13-8-6-10(14)12(15)11(7-8)16-9-4-2-1-3-5-9/h6,9H,1-5H2. The monoisotopic (exact) mass is 229 g/mol. The molecule has 0 aromatic heterocycles. The first-order chi connectivity index (χ1) is 7.66. The fourth-order valence-corrected chi connectivity index (χ4v) is 1.91. The molecular formula is C12H12F3O. The minimum atomic E-state index is -1.23. The summed E-state index contributed by atoms with van der Waals surface area (Å²) in [5, 5.41) is 0. The van der Waals surface area contributed by atoms with Gasteiger partial charge in [-0.15, -0.1) is 0 Å². The smallest absolute Gasteiger partial charge is 0.201 e. The van der Waals surface area contributed by atoms with Crippen molar-refractivity contribution in [3.63, 3.8) is 0 Å². The van der Waals surface area contributed by atoms with Gasteiger partial charge in [0.1, 0.15) is 5.82 Å². The Hall–Kier alpha value is -1.19. The molecule has 0 heterocycles. The van der Waals surface area contributed by atoms with E-state index in [4.69, 9.17) is 4.74 Å². The number of rotatable bonds is 2. The van der Waals surface area contributed by atoms with Crippen LogP contribution < -0.4 is 4.74 Å². The molecule has 87 valence electrons. The van der Waals surface area contributed by atoms with Crippen molar-refractivity contribution in [2.24, 2.45) is 0 Å². The van der Waals surface area contributed by atoms with Gasteiger partial charge in [-0.2, -0.15) is 4.39 Å². The molecule has 0 unspecified atom stereocenters. The SMILES string of the molecule is Fc1[c]c(OC2CCCCC2)c(F)c(F)c1. The topological polar surface area (TPSA) is 9.23 Å². The van der Waals surface area contributed by atoms with E-state index in [1.54, 1.807) is 0 Å². The summed E-state index contributed by atoms with van der Waals surface area (Å²) in [5.74, 6) is -3.77. The first-order valence-electron chi connectivity index (χ1n) is 5.40. The van der Waals surface area contributed by atoms with Crippen LogP contribution in [0.4, 0.5) is 13.2 Å². The fourth-order valence-electron chi connectivity index (χ4n) is 1.91. The Balaban J connectivity index is 2.13. The maximum atomic E-state index is 13.2. The number of benzene rings is 1. The molecule has 0 bridgehead atoms. The van der Waals surface area contributed by atoms with Crippen molar-refractivity contribution >= 4 is 0 Å². The second-order valence-corrected chi connectivity index (χ2v) is 3.99. The molecule has 4 heteroatoms. The highest BCUT2D eigenvalue weighted by Gasteiger charge is 2.19. The van der Waals surface area contributed by atoms with Crippen molar-refractivity contribution < 1.29 is 17.9 Å². The third-order valence-electron chi connectivity index (χ3n) is 2.73. The Labute approximate surface area is 92.2 Å². The Morgan fingerprint density at radius 3 is 2.50 bits per heavy atom. The quantitative estimate of drug-likeness (QED) is 0.704. The molecule has 1 radical (unpaired) electrons. The molecule has 1 saturated carbocycles. The number of hydrogen-bond acceptors (Lipinski definition) is 1. The van der Waals surface area contributed by atoms with Crippen molar-refractivity contribution in [1.29, 1.82) is 0 Å². The van der Waals surface area contributed by atoms with E-state index < -0.39 is 23.2 Å². The molecule has 16 heavy (non-hydrogen) atoms. The van der Waals surface area contributed by atoms with Crippen molar-refractivity contribution in [2.45, 2.75) is 38.2 Å². The lowest BCUT2D eigenvalue weighted by Gasteiger charge is -2.23. The lowest BCUT2D eigenvalue weighted by atomic mass is 9.98. The van der Waals surface area contributed by atoms with E-state index in [1.807, 2.05) is 0 Å². The van der Waals surface area contributed by atoms with E-state index >= 15 is 0 Å². The summed E-state index contributed by atoms with van der Waals surface area (Å²) in [6, 6.07) is 2.52. The van der Waals surface area contributed by atoms with Crippen molar-refractivity contribution in [2.75, 3.05) is 0 Å². The zero-order valence-corrected chi connectivity index (χ0v) is 8.73. The summed E-state index contributed by atoms with van der Waals surface area (Å²) in [6.07, 6.45) is 4.58. The van der Waals surface area contributed by atoms with E-state index in [-0.39, 0.29) is 6.10 Å². The molecule has 0 spiro atoms. The van der Waals surface area contributed by atoms with E-state index in [1.165, 1.54) is 0 Å². The molecule has 0 atom stereocenters. The summed E-state index contributed by atoms with van der Waals surface area (Å²) in [5.41, 5.74) is 0. The lowest BCUT2D eigenvalue weighted by molar-refractivity contribution is 0.146. The molecule has 0 amide bonds. The van der Waals surface area contributed by atoms with Gasteiger partial charge in [0.05, 0.1) is 12.2 Å². The molecule has 1 aromatic rings. The maximum Gasteiger partial charge on any atom is 0.201 e. The average Bonchev–Trinajstić information content (AvgIpc) is 2.27. The summed E-state index contributed by atoms with van der Waals surface area (Å²) in [6.45, 7) is 0. The molecule has 1 nitrogen and oxygen atoms in total. The van der Waals surface area contributed by atoms with Gasteiger partial charge in [0.15, 0.2) is 11.6 Å². The zero-order valence-electron chi connectivity index (χ0n) is 8.73. The van der Waals surface area contributed by atoms with Gasteiger partial charge < -0.3 is 4.74 Å². The van der Waals surface area contributed by atoms with Gasteiger partial charge in [0.2, 0.25) is 5.82 Å². The highest BCUT2D eigenvalue weighted by Crippen LogP contribution is 2.26. The molecule has 0 aliphatic heterocycles. The normalized spacial score (nSPS) is 17.4. The van der Waals surface area contributed by atoms with E-state index in [9.17, 15) is 13.2 Å². The second kappa shape index (κ2) is 4.76. The highest BCUT2D eigenvalue weighted by molar-refractivity contribution is 5.25. The van der Waals surface area contributed by atoms with Gasteiger partial charge >= 0.3 is 0 Å². The van der Waals surface area contributed by atoms with Crippen LogP contribution in [0.3, 0.4) is 0 Å². The third kappa shape index (κ3) is 2.49. The number of halogens is 3. The number of ether oxygens (including phenoxy) is 1. The van der Waals surface area contributed by atoms with Crippen LogP contribution in [0.25, 0.3) is 0 Å². The van der Waals surface area contributed by atoms with Gasteiger partial charge in [0.25, 0.3) is 0 Å². The Bertz CT molecular complexity index is 373. The van der Waals surface area contributed by atoms with Crippen molar-refractivity contribution in [1.82, 2.24) is 0 Å². The summed E-state index contributed by atoms with van der Waals surface area (Å²) in [7, 11) is 0. The largest absolute Gasteiger partial charge is 0.486 e. The predicted octanol–water partition coefficient (Wildman–Crippen LogP) is 3.62. The van der Waals surface area contributed by atoms with Crippen LogP contribution in [0, 0.1) is 23.5 Å². The summed E-state index contributed by atoms with van der Waals surface area (Å²) < 4.78 is 44.2. The predicted molar refractivity (Wildman–Crippen MR) is 52.7 cm³/mol. The van der Waals surface area contributed by atoms with Gasteiger partial charge in [-0.3, -0.25) is 0 Å². The van der Waals surface area contributed by atoms with Gasteiger partial charge in [0, 0.05) is 6.07 Å². The second-order valence-electron chi connectivity index (χ2n) is 3.99. The van der Waals surface area contributed by atoms with Gasteiger partial charge in [-0.1, -0.05) is 6.42 Å². The van der Waals surface area contributed by atoms with Crippen LogP contribution in [0.1, 0.15) is 32.1 Å². The summed E-state index contributed by atoms with van der Waals surface area (Å²) >= 11 is 0. The Morgan fingerprint density at radius 2 is 1.81 bits per heavy atom. The first kappa shape index (κ1) is 11.3. The zero-order chi connectivity index (χ0) is 11.5. The van der Waals surface area contributed by atoms with E-state index in [0.29, 0.717) is 6.07 Å². The minimum Gasteiger partial charge on any atom is -0.486 e. The molecule has 1 aliphatic rings. The van der Waals surface area contributed by atoms with Crippen LogP contribution in [-0.2, 0) is 0 Å². The Morgan fingerprint density at radius 1 is 1.12 bits per heavy atom. The highest BCUT2D eigenvalue weighted by atomic mass is 19.2. The van der Waals surface area contributed by atoms with Crippen LogP contribution in [0.2, 0.25) is 0 Å². The van der Waals surface area contributed by atoms with E-state index in [2.05, 4.69) is 6.07 Å². The Kier molecular flexibility index (Phi) is 3.36. The molecule has 0 saturated heterocycles. The van der Waals surface area contributed by atoms with Crippen LogP contribution in [0.15, 0.2) is 6.07 Å². The molecule has 1 aromatic carbocycles. The fraction of sp³-hybridized carbons (Fsp3) is 0.500. The third-order valence-corrected chi connectivity index (χ3v) is 2.73. The van der Waals surface area contributed by atoms with Crippen LogP contribution in [-0.4, -0.2) is 6.10 Å². The molecular weight excluding hydrogens is 217 g/mol. The maximum absolute atomic E-state index is 13.2. The summed E-state index contributed by atoms with van der Waals surface area (Å²) in [4.78, 5) is 0. The molecule has 1 aliphatic carbocycles. The average molecular weight is 229 g/mol. The van der Waals surface area contributed by atoms with E-state index in [0.717, 1.165) is 32.1 Å². The van der Waals surface area contributed by atoms with Gasteiger partial charge in [-0.05, 0) is 25.7 Å².